The average molecular weight is 246 g/mol. The van der Waals surface area contributed by atoms with Gasteiger partial charge in [0.05, 0.1) is 22.5 Å². The lowest BCUT2D eigenvalue weighted by molar-refractivity contribution is 0.0872. The van der Waals surface area contributed by atoms with Gasteiger partial charge in [-0.05, 0) is 28.1 Å². The molecule has 2 heterocycles. The van der Waals surface area contributed by atoms with Crippen LogP contribution in [0.3, 0.4) is 0 Å². The minimum Gasteiger partial charge on any atom is -0.311 e. The van der Waals surface area contributed by atoms with Gasteiger partial charge >= 0.3 is 0 Å². The topological polar surface area (TPSA) is 32.5 Å². The van der Waals surface area contributed by atoms with Crippen molar-refractivity contribution in [2.45, 2.75) is 6.17 Å². The molecule has 0 aromatic carbocycles. The van der Waals surface area contributed by atoms with Gasteiger partial charge in [-0.25, -0.2) is 4.39 Å². The quantitative estimate of drug-likeness (QED) is 0.701. The molecule has 0 aromatic rings. The van der Waals surface area contributed by atoms with Gasteiger partial charge in [0.1, 0.15) is 0 Å². The molecule has 3 nitrogen and oxygen atoms in total. The van der Waals surface area contributed by atoms with Crippen molar-refractivity contribution in [3.63, 3.8) is 0 Å². The van der Waals surface area contributed by atoms with Crippen molar-refractivity contribution in [2.75, 3.05) is 7.05 Å². The van der Waals surface area contributed by atoms with Crippen molar-refractivity contribution in [3.05, 3.63) is 34.4 Å². The van der Waals surface area contributed by atoms with Gasteiger partial charge in [-0.15, -0.1) is 0 Å². The highest BCUT2D eigenvalue weighted by Gasteiger charge is 2.27. The van der Waals surface area contributed by atoms with E-state index in [1.807, 2.05) is 13.1 Å². The maximum atomic E-state index is 13.1. The first-order chi connectivity index (χ1) is 6.09. The summed E-state index contributed by atoms with van der Waals surface area (Å²) in [6.07, 6.45) is 4.79. The van der Waals surface area contributed by atoms with Gasteiger partial charge in [0.25, 0.3) is 0 Å². The molecule has 2 aliphatic heterocycles. The number of hydrazine groups is 1. The Morgan fingerprint density at radius 1 is 1.62 bits per heavy atom. The van der Waals surface area contributed by atoms with Crippen LogP contribution in [-0.4, -0.2) is 23.2 Å². The molecule has 0 amide bonds. The standard InChI is InChI=1S/C8H9BrFN3/c1-12-8(11)3-5-2-6(9)7(10)4-13(5)12/h2-4,8H,11H2,1H3. The molecule has 13 heavy (non-hydrogen) atoms. The zero-order valence-corrected chi connectivity index (χ0v) is 8.62. The van der Waals surface area contributed by atoms with Gasteiger partial charge in [0.2, 0.25) is 0 Å². The normalized spacial score (nSPS) is 28.2. The first kappa shape index (κ1) is 8.93. The van der Waals surface area contributed by atoms with E-state index in [9.17, 15) is 4.39 Å². The van der Waals surface area contributed by atoms with Crippen LogP contribution in [0.2, 0.25) is 0 Å². The highest BCUT2D eigenvalue weighted by Crippen LogP contribution is 2.32. The highest BCUT2D eigenvalue weighted by molar-refractivity contribution is 9.11. The summed E-state index contributed by atoms with van der Waals surface area (Å²) < 4.78 is 13.6. The van der Waals surface area contributed by atoms with Crippen LogP contribution in [0.1, 0.15) is 0 Å². The van der Waals surface area contributed by atoms with Gasteiger partial charge in [0.15, 0.2) is 5.83 Å². The summed E-state index contributed by atoms with van der Waals surface area (Å²) in [5.41, 5.74) is 6.63. The Morgan fingerprint density at radius 2 is 2.31 bits per heavy atom. The lowest BCUT2D eigenvalue weighted by Gasteiger charge is -2.29. The molecule has 5 heteroatoms. The van der Waals surface area contributed by atoms with Crippen LogP contribution in [0.4, 0.5) is 4.39 Å². The number of rotatable bonds is 0. The van der Waals surface area contributed by atoms with Gasteiger partial charge in [-0.1, -0.05) is 0 Å². The lowest BCUT2D eigenvalue weighted by Crippen LogP contribution is -2.41. The number of fused-ring (bicyclic) bond motifs is 1. The second kappa shape index (κ2) is 2.94. The van der Waals surface area contributed by atoms with Crippen LogP contribution in [-0.2, 0) is 0 Å². The number of hydrogen-bond donors (Lipinski definition) is 1. The van der Waals surface area contributed by atoms with Crippen LogP contribution in [0.25, 0.3) is 0 Å². The van der Waals surface area contributed by atoms with Crippen molar-refractivity contribution < 1.29 is 4.39 Å². The molecule has 0 fully saturated rings. The smallest absolute Gasteiger partial charge is 0.155 e. The third kappa shape index (κ3) is 1.33. The zero-order chi connectivity index (χ0) is 9.59. The number of nitrogens with zero attached hydrogens (tertiary/aromatic N) is 2. The Morgan fingerprint density at radius 3 is 3.00 bits per heavy atom. The molecular weight excluding hydrogens is 237 g/mol. The molecule has 70 valence electrons. The summed E-state index contributed by atoms with van der Waals surface area (Å²) in [5.74, 6) is -0.293. The van der Waals surface area contributed by atoms with Gasteiger partial charge in [0, 0.05) is 7.05 Å². The first-order valence-corrected chi connectivity index (χ1v) is 4.63. The third-order valence-corrected chi connectivity index (χ3v) is 2.72. The third-order valence-electron chi connectivity index (χ3n) is 2.12. The van der Waals surface area contributed by atoms with Gasteiger partial charge in [-0.2, -0.15) is 5.01 Å². The highest BCUT2D eigenvalue weighted by atomic mass is 79.9. The number of hydrogen-bond acceptors (Lipinski definition) is 3. The Labute approximate surface area is 84.1 Å². The minimum absolute atomic E-state index is 0.186. The fourth-order valence-electron chi connectivity index (χ4n) is 1.33. The Kier molecular flexibility index (Phi) is 2.02. The van der Waals surface area contributed by atoms with Crippen LogP contribution >= 0.6 is 15.9 Å². The monoisotopic (exact) mass is 245 g/mol. The number of allylic oxidation sites excluding steroid dienone is 3. The summed E-state index contributed by atoms with van der Waals surface area (Å²) in [6.45, 7) is 0. The molecule has 0 aliphatic carbocycles. The molecular formula is C8H9BrFN3. The molecule has 2 rings (SSSR count). The number of likely N-dealkylation sites (N-methyl/N-ethyl adjacent to an activating group) is 1. The van der Waals surface area contributed by atoms with E-state index in [-0.39, 0.29) is 12.0 Å². The van der Waals surface area contributed by atoms with E-state index in [0.717, 1.165) is 5.70 Å². The van der Waals surface area contributed by atoms with E-state index in [0.29, 0.717) is 4.48 Å². The molecule has 2 N–H and O–H groups in total. The second-order valence-electron chi connectivity index (χ2n) is 2.97. The SMILES string of the molecule is CN1C(N)C=C2C=C(Br)C(F)=CN21. The fraction of sp³-hybridized carbons (Fsp3) is 0.250. The van der Waals surface area contributed by atoms with Crippen LogP contribution < -0.4 is 5.73 Å². The van der Waals surface area contributed by atoms with Crippen molar-refractivity contribution >= 4 is 15.9 Å². The van der Waals surface area contributed by atoms with E-state index in [1.54, 1.807) is 16.1 Å². The van der Waals surface area contributed by atoms with Gasteiger partial charge in [-0.3, -0.25) is 5.01 Å². The van der Waals surface area contributed by atoms with Crippen LogP contribution in [0.5, 0.6) is 0 Å². The predicted molar refractivity (Wildman–Crippen MR) is 51.9 cm³/mol. The first-order valence-electron chi connectivity index (χ1n) is 3.84. The average Bonchev–Trinajstić information content (AvgIpc) is 2.32. The predicted octanol–water partition coefficient (Wildman–Crippen LogP) is 1.42. The molecule has 0 saturated heterocycles. The number of halogens is 2. The van der Waals surface area contributed by atoms with Crippen molar-refractivity contribution in [3.8, 4) is 0 Å². The minimum atomic E-state index is -0.293. The summed E-state index contributed by atoms with van der Waals surface area (Å²) in [5, 5.41) is 3.44. The van der Waals surface area contributed by atoms with Gasteiger partial charge < -0.3 is 5.73 Å². The fourth-order valence-corrected chi connectivity index (χ4v) is 1.67. The molecule has 0 spiro atoms. The largest absolute Gasteiger partial charge is 0.311 e. The van der Waals surface area contributed by atoms with E-state index >= 15 is 0 Å². The molecule has 0 aromatic heterocycles. The second-order valence-corrected chi connectivity index (χ2v) is 3.82. The Bertz CT molecular complexity index is 334. The summed E-state index contributed by atoms with van der Waals surface area (Å²) in [6, 6.07) is 0. The Hall–Kier alpha value is -0.650. The molecule has 1 unspecified atom stereocenters. The van der Waals surface area contributed by atoms with Crippen LogP contribution in [0, 0.1) is 0 Å². The molecule has 0 bridgehead atoms. The molecule has 0 saturated carbocycles. The maximum Gasteiger partial charge on any atom is 0.155 e. The molecule has 2 aliphatic rings. The van der Waals surface area contributed by atoms with E-state index < -0.39 is 0 Å². The van der Waals surface area contributed by atoms with Crippen LogP contribution in [0.15, 0.2) is 34.4 Å². The lowest BCUT2D eigenvalue weighted by atomic mass is 10.3. The van der Waals surface area contributed by atoms with Crippen molar-refractivity contribution in [1.82, 2.24) is 10.0 Å². The summed E-state index contributed by atoms with van der Waals surface area (Å²) >= 11 is 3.12. The number of nitrogens with two attached hydrogens (primary N) is 1. The molecule has 1 atom stereocenters. The van der Waals surface area contributed by atoms with Crippen molar-refractivity contribution in [2.24, 2.45) is 5.73 Å². The van der Waals surface area contributed by atoms with E-state index in [1.165, 1.54) is 6.20 Å². The zero-order valence-electron chi connectivity index (χ0n) is 7.04. The molecule has 0 radical (unpaired) electrons. The van der Waals surface area contributed by atoms with Crippen molar-refractivity contribution in [1.29, 1.82) is 0 Å². The van der Waals surface area contributed by atoms with E-state index in [4.69, 9.17) is 5.73 Å². The maximum absolute atomic E-state index is 13.1. The Balaban J connectivity index is 2.38. The van der Waals surface area contributed by atoms with E-state index in [2.05, 4.69) is 15.9 Å². The summed E-state index contributed by atoms with van der Waals surface area (Å²) in [4.78, 5) is 0. The summed E-state index contributed by atoms with van der Waals surface area (Å²) in [7, 11) is 1.81.